The van der Waals surface area contributed by atoms with Crippen molar-refractivity contribution in [2.45, 2.75) is 25.9 Å². The fraction of sp³-hybridized carbons (Fsp3) is 0.257. The maximum absolute atomic E-state index is 13.4. The standard InChI is InChI=1S/C18H18ClN5O.C18H18FN5O.C17H16ClN5O.C17H16FN5O/c2*1-12-10-23(5-4-21-12)15-2-3-17-22-16(7-18(25)24(17)11-15)13-6-14(19)9-20-8-13;2*18-13-7-12(9-20-10-13)15-8-17(24)23-11-14(1-2-16(23)21-15)22-5-3-19-4-6-22/h2*2-3,6-9,11-12,21H,4-5,10H2,1H3;2*1-2,7-11,19H,3-6H2/t2*12-;;/m00../s1. The minimum absolute atomic E-state index is 0.119. The average Bonchev–Trinajstić information content (AvgIpc) is 0.810. The molecule has 0 bridgehead atoms. The van der Waals surface area contributed by atoms with Gasteiger partial charge in [0.15, 0.2) is 0 Å². The molecule has 98 heavy (non-hydrogen) atoms. The summed E-state index contributed by atoms with van der Waals surface area (Å²) in [4.78, 5) is 93.0. The van der Waals surface area contributed by atoms with Crippen LogP contribution in [-0.4, -0.2) is 161 Å². The highest BCUT2D eigenvalue weighted by atomic mass is 35.5. The molecule has 500 valence electrons. The van der Waals surface area contributed by atoms with Crippen LogP contribution >= 0.6 is 23.2 Å². The van der Waals surface area contributed by atoms with E-state index in [1.807, 2.05) is 73.3 Å². The molecule has 0 spiro atoms. The van der Waals surface area contributed by atoms with E-state index in [2.05, 4.69) is 94.6 Å². The zero-order chi connectivity index (χ0) is 67.8. The summed E-state index contributed by atoms with van der Waals surface area (Å²) in [6, 6.07) is 28.2. The number of rotatable bonds is 8. The van der Waals surface area contributed by atoms with Gasteiger partial charge >= 0.3 is 0 Å². The molecule has 4 aliphatic rings. The van der Waals surface area contributed by atoms with Gasteiger partial charge in [-0.1, -0.05) is 23.2 Å². The zero-order valence-corrected chi connectivity index (χ0v) is 55.0. The number of nitrogens with one attached hydrogen (secondary N) is 4. The third-order valence-electron chi connectivity index (χ3n) is 17.0. The molecule has 16 heterocycles. The first kappa shape index (κ1) is 66.1. The van der Waals surface area contributed by atoms with Gasteiger partial charge in [0.25, 0.3) is 22.2 Å². The Morgan fingerprint density at radius 2 is 0.653 bits per heavy atom. The molecule has 0 aromatic carbocycles. The second-order valence-corrected chi connectivity index (χ2v) is 24.9. The molecule has 0 amide bonds. The van der Waals surface area contributed by atoms with Crippen molar-refractivity contribution < 1.29 is 8.78 Å². The number of hydrogen-bond acceptors (Lipinski definition) is 20. The van der Waals surface area contributed by atoms with E-state index in [9.17, 15) is 28.0 Å². The molecule has 24 nitrogen and oxygen atoms in total. The van der Waals surface area contributed by atoms with Crippen LogP contribution in [0.15, 0.2) is 191 Å². The van der Waals surface area contributed by atoms with E-state index in [0.717, 1.165) is 138 Å². The molecule has 0 aliphatic carbocycles. The molecular formula is C70H68Cl2F2N20O4. The lowest BCUT2D eigenvalue weighted by atomic mass is 10.2. The fourth-order valence-corrected chi connectivity index (χ4v) is 12.4. The number of anilines is 4. The Morgan fingerprint density at radius 3 is 0.949 bits per heavy atom. The third-order valence-corrected chi connectivity index (χ3v) is 17.4. The first-order chi connectivity index (χ1) is 47.6. The Balaban J connectivity index is 0.000000118. The molecule has 0 unspecified atom stereocenters. The van der Waals surface area contributed by atoms with Gasteiger partial charge in [0.1, 0.15) is 34.2 Å². The number of pyridine rings is 8. The zero-order valence-electron chi connectivity index (χ0n) is 53.5. The lowest BCUT2D eigenvalue weighted by Crippen LogP contribution is -2.49. The van der Waals surface area contributed by atoms with Gasteiger partial charge in [-0.15, -0.1) is 0 Å². The van der Waals surface area contributed by atoms with E-state index in [1.54, 1.807) is 45.7 Å². The van der Waals surface area contributed by atoms with Gasteiger partial charge < -0.3 is 40.9 Å². The Labute approximate surface area is 569 Å². The van der Waals surface area contributed by atoms with Crippen LogP contribution in [0.1, 0.15) is 13.8 Å². The lowest BCUT2D eigenvalue weighted by Gasteiger charge is -2.33. The molecule has 4 fully saturated rings. The van der Waals surface area contributed by atoms with E-state index in [-0.39, 0.29) is 22.2 Å². The van der Waals surface area contributed by atoms with Crippen molar-refractivity contribution >= 4 is 68.5 Å². The maximum atomic E-state index is 13.4. The number of halogens is 4. The highest BCUT2D eigenvalue weighted by molar-refractivity contribution is 6.31. The van der Waals surface area contributed by atoms with Gasteiger partial charge in [0, 0.05) is 212 Å². The molecule has 28 heteroatoms. The van der Waals surface area contributed by atoms with Crippen molar-refractivity contribution in [1.29, 1.82) is 0 Å². The SMILES string of the molecule is C[C@H]1CN(c2ccc3nc(-c4cncc(Cl)c4)cc(=O)n3c2)CCN1.C[C@H]1CN(c2ccc3nc(-c4cncc(F)c4)cc(=O)n3c2)CCN1.O=c1cc(-c2cncc(Cl)c2)nc2ccc(N3CCNCC3)cn12.O=c1cc(-c2cncc(F)c2)nc2ccc(N3CCNCC3)cn12. The Kier molecular flexibility index (Phi) is 20.2. The van der Waals surface area contributed by atoms with Gasteiger partial charge in [-0.25, -0.2) is 28.7 Å². The van der Waals surface area contributed by atoms with Crippen molar-refractivity contribution in [1.82, 2.24) is 78.7 Å². The summed E-state index contributed by atoms with van der Waals surface area (Å²) < 4.78 is 32.9. The second-order valence-electron chi connectivity index (χ2n) is 24.0. The van der Waals surface area contributed by atoms with Crippen LogP contribution in [0.2, 0.25) is 10.0 Å². The molecular weight excluding hydrogens is 1290 g/mol. The first-order valence-electron chi connectivity index (χ1n) is 32.1. The summed E-state index contributed by atoms with van der Waals surface area (Å²) in [7, 11) is 0. The van der Waals surface area contributed by atoms with E-state index < -0.39 is 11.6 Å². The van der Waals surface area contributed by atoms with E-state index in [0.29, 0.717) is 78.6 Å². The van der Waals surface area contributed by atoms with Crippen molar-refractivity contribution in [2.75, 3.05) is 111 Å². The number of aromatic nitrogens is 12. The monoisotopic (exact) mass is 1360 g/mol. The van der Waals surface area contributed by atoms with Crippen molar-refractivity contribution in [3.05, 3.63) is 235 Å². The maximum Gasteiger partial charge on any atom is 0.258 e. The van der Waals surface area contributed by atoms with Crippen LogP contribution in [0, 0.1) is 11.6 Å². The number of hydrogen-bond donors (Lipinski definition) is 4. The van der Waals surface area contributed by atoms with E-state index >= 15 is 0 Å². The fourth-order valence-electron chi connectivity index (χ4n) is 12.1. The predicted octanol–water partition coefficient (Wildman–Crippen LogP) is 7.03. The molecule has 2 atom stereocenters. The number of fused-ring (bicyclic) bond motifs is 4. The van der Waals surface area contributed by atoms with Gasteiger partial charge in [-0.3, -0.25) is 56.7 Å². The smallest absolute Gasteiger partial charge is 0.258 e. The van der Waals surface area contributed by atoms with Crippen LogP contribution in [-0.2, 0) is 0 Å². The van der Waals surface area contributed by atoms with Crippen LogP contribution in [0.25, 0.3) is 67.6 Å². The summed E-state index contributed by atoms with van der Waals surface area (Å²) in [5, 5.41) is 14.5. The third kappa shape index (κ3) is 15.7. The predicted molar refractivity (Wildman–Crippen MR) is 378 cm³/mol. The van der Waals surface area contributed by atoms with Crippen molar-refractivity contribution in [2.24, 2.45) is 0 Å². The minimum Gasteiger partial charge on any atom is -0.368 e. The molecule has 0 saturated carbocycles. The highest BCUT2D eigenvalue weighted by Crippen LogP contribution is 2.26. The highest BCUT2D eigenvalue weighted by Gasteiger charge is 2.21. The van der Waals surface area contributed by atoms with Crippen molar-refractivity contribution in [3.63, 3.8) is 0 Å². The number of piperazine rings is 4. The quantitative estimate of drug-likeness (QED) is 0.119. The van der Waals surface area contributed by atoms with Crippen LogP contribution in [0.3, 0.4) is 0 Å². The van der Waals surface area contributed by atoms with Gasteiger partial charge in [0.2, 0.25) is 0 Å². The van der Waals surface area contributed by atoms with Gasteiger partial charge in [-0.05, 0) is 86.6 Å². The van der Waals surface area contributed by atoms with Crippen molar-refractivity contribution in [3.8, 4) is 45.0 Å². The average molecular weight is 1360 g/mol. The van der Waals surface area contributed by atoms with E-state index in [1.165, 1.54) is 57.6 Å². The summed E-state index contributed by atoms with van der Waals surface area (Å²) in [5.41, 5.74) is 10.1. The molecule has 0 radical (unpaired) electrons. The molecule has 16 rings (SSSR count). The van der Waals surface area contributed by atoms with Crippen LogP contribution in [0.5, 0.6) is 0 Å². The minimum atomic E-state index is -0.456. The van der Waals surface area contributed by atoms with Gasteiger partial charge in [0.05, 0.1) is 68.0 Å². The Hall–Kier alpha value is -10.5. The lowest BCUT2D eigenvalue weighted by molar-refractivity contribution is 0.484. The molecule has 12 aromatic rings. The largest absolute Gasteiger partial charge is 0.368 e. The second kappa shape index (κ2) is 29.9. The van der Waals surface area contributed by atoms with E-state index in [4.69, 9.17) is 23.2 Å². The Morgan fingerprint density at radius 1 is 0.367 bits per heavy atom. The topological polar surface area (TPSA) is 250 Å². The summed E-state index contributed by atoms with van der Waals surface area (Å²) in [5.74, 6) is -0.911. The molecule has 4 N–H and O–H groups in total. The molecule has 12 aromatic heterocycles. The van der Waals surface area contributed by atoms with Crippen LogP contribution < -0.4 is 63.1 Å². The molecule has 4 saturated heterocycles. The summed E-state index contributed by atoms with van der Waals surface area (Å²) in [6.45, 7) is 17.2. The summed E-state index contributed by atoms with van der Waals surface area (Å²) in [6.07, 6.45) is 19.0. The molecule has 4 aliphatic heterocycles. The number of nitrogens with zero attached hydrogens (tertiary/aromatic N) is 16. The first-order valence-corrected chi connectivity index (χ1v) is 32.8. The van der Waals surface area contributed by atoms with Crippen LogP contribution in [0.4, 0.5) is 31.5 Å². The Bertz CT molecular complexity index is 4830. The summed E-state index contributed by atoms with van der Waals surface area (Å²) >= 11 is 12.0. The van der Waals surface area contributed by atoms with Gasteiger partial charge in [-0.2, -0.15) is 0 Å². The normalized spacial score (nSPS) is 16.4.